The molecule has 106 valence electrons. The molecule has 1 unspecified atom stereocenters. The molecule has 0 radical (unpaired) electrons. The summed E-state index contributed by atoms with van der Waals surface area (Å²) < 4.78 is 12.1. The van der Waals surface area contributed by atoms with Crippen molar-refractivity contribution in [2.45, 2.75) is 64.4 Å². The number of benzene rings is 1. The molecule has 2 atom stereocenters. The zero-order chi connectivity index (χ0) is 14.3. The summed E-state index contributed by atoms with van der Waals surface area (Å²) in [4.78, 5) is 0. The molecule has 1 fully saturated rings. The molecule has 2 N–H and O–H groups in total. The predicted molar refractivity (Wildman–Crippen MR) is 77.3 cm³/mol. The minimum absolute atomic E-state index is 0.0549. The van der Waals surface area contributed by atoms with Gasteiger partial charge in [0, 0.05) is 12.5 Å². The summed E-state index contributed by atoms with van der Waals surface area (Å²) in [5.41, 5.74) is 6.58. The molecule has 0 spiro atoms. The van der Waals surface area contributed by atoms with E-state index < -0.39 is 0 Å². The maximum Gasteiger partial charge on any atom is 0.130 e. The molecular formula is C16H25NO2. The van der Waals surface area contributed by atoms with Crippen LogP contribution in [0.1, 0.15) is 52.6 Å². The van der Waals surface area contributed by atoms with Crippen LogP contribution in [0.3, 0.4) is 0 Å². The molecule has 2 rings (SSSR count). The van der Waals surface area contributed by atoms with E-state index in [1.165, 1.54) is 0 Å². The van der Waals surface area contributed by atoms with Gasteiger partial charge in [0.15, 0.2) is 0 Å². The third kappa shape index (κ3) is 3.28. The smallest absolute Gasteiger partial charge is 0.130 e. The third-order valence-electron chi connectivity index (χ3n) is 3.68. The Morgan fingerprint density at radius 2 is 1.79 bits per heavy atom. The van der Waals surface area contributed by atoms with Crippen LogP contribution in [0.5, 0.6) is 5.75 Å². The molecule has 1 aliphatic heterocycles. The van der Waals surface area contributed by atoms with Crippen LogP contribution >= 0.6 is 0 Å². The fraction of sp³-hybridized carbons (Fsp3) is 0.625. The van der Waals surface area contributed by atoms with Gasteiger partial charge in [-0.3, -0.25) is 0 Å². The van der Waals surface area contributed by atoms with Crippen molar-refractivity contribution in [3.63, 3.8) is 0 Å². The van der Waals surface area contributed by atoms with Crippen molar-refractivity contribution < 1.29 is 9.47 Å². The molecule has 0 saturated carbocycles. The topological polar surface area (TPSA) is 44.5 Å². The normalized spacial score (nSPS) is 26.1. The van der Waals surface area contributed by atoms with Crippen molar-refractivity contribution in [2.75, 3.05) is 0 Å². The standard InChI is InChI=1S/C16H25NO2/c1-11(17)12-6-8-13(9-7-12)18-14-10-15(2,3)19-16(14,4)5/h6-9,11,14H,10,17H2,1-5H3/t11-,14?/m1/s1. The Morgan fingerprint density at radius 1 is 1.21 bits per heavy atom. The van der Waals surface area contributed by atoms with Crippen LogP contribution in [-0.4, -0.2) is 17.3 Å². The van der Waals surface area contributed by atoms with Gasteiger partial charge in [0.05, 0.1) is 5.60 Å². The minimum atomic E-state index is -0.261. The Labute approximate surface area is 116 Å². The quantitative estimate of drug-likeness (QED) is 0.908. The van der Waals surface area contributed by atoms with E-state index >= 15 is 0 Å². The third-order valence-corrected chi connectivity index (χ3v) is 3.68. The van der Waals surface area contributed by atoms with E-state index in [1.807, 2.05) is 31.2 Å². The van der Waals surface area contributed by atoms with Crippen LogP contribution in [0.25, 0.3) is 0 Å². The Bertz CT molecular complexity index is 435. The molecule has 3 nitrogen and oxygen atoms in total. The number of hydrogen-bond acceptors (Lipinski definition) is 3. The van der Waals surface area contributed by atoms with E-state index in [1.54, 1.807) is 0 Å². The van der Waals surface area contributed by atoms with Crippen molar-refractivity contribution in [3.8, 4) is 5.75 Å². The second-order valence-electron chi connectivity index (χ2n) is 6.63. The molecule has 19 heavy (non-hydrogen) atoms. The lowest BCUT2D eigenvalue weighted by Gasteiger charge is -2.27. The maximum atomic E-state index is 6.10. The lowest BCUT2D eigenvalue weighted by Crippen LogP contribution is -2.36. The van der Waals surface area contributed by atoms with Crippen molar-refractivity contribution in [2.24, 2.45) is 5.73 Å². The monoisotopic (exact) mass is 263 g/mol. The van der Waals surface area contributed by atoms with Crippen LogP contribution in [0, 0.1) is 0 Å². The van der Waals surface area contributed by atoms with Gasteiger partial charge in [-0.2, -0.15) is 0 Å². The van der Waals surface area contributed by atoms with E-state index in [9.17, 15) is 0 Å². The zero-order valence-electron chi connectivity index (χ0n) is 12.6. The first-order valence-electron chi connectivity index (χ1n) is 6.92. The van der Waals surface area contributed by atoms with Gasteiger partial charge in [-0.15, -0.1) is 0 Å². The fourth-order valence-corrected chi connectivity index (χ4v) is 2.71. The van der Waals surface area contributed by atoms with Gasteiger partial charge in [0.1, 0.15) is 17.5 Å². The Hall–Kier alpha value is -1.06. The molecule has 1 aliphatic rings. The number of ether oxygens (including phenoxy) is 2. The van der Waals surface area contributed by atoms with Gasteiger partial charge in [-0.25, -0.2) is 0 Å². The van der Waals surface area contributed by atoms with Crippen molar-refractivity contribution in [1.29, 1.82) is 0 Å². The van der Waals surface area contributed by atoms with Gasteiger partial charge in [0.25, 0.3) is 0 Å². The first kappa shape index (κ1) is 14.4. The summed E-state index contributed by atoms with van der Waals surface area (Å²) in [6.07, 6.45) is 0.971. The lowest BCUT2D eigenvalue weighted by molar-refractivity contribution is -0.0846. The van der Waals surface area contributed by atoms with E-state index in [-0.39, 0.29) is 23.3 Å². The van der Waals surface area contributed by atoms with Crippen LogP contribution in [-0.2, 0) is 4.74 Å². The van der Waals surface area contributed by atoms with Gasteiger partial charge in [0.2, 0.25) is 0 Å². The molecular weight excluding hydrogens is 238 g/mol. The SMILES string of the molecule is C[C@@H](N)c1ccc(OC2CC(C)(C)OC2(C)C)cc1. The van der Waals surface area contributed by atoms with Crippen LogP contribution in [0.4, 0.5) is 0 Å². The van der Waals surface area contributed by atoms with E-state index in [2.05, 4.69) is 27.7 Å². The first-order chi connectivity index (χ1) is 8.70. The number of nitrogens with two attached hydrogens (primary N) is 1. The summed E-state index contributed by atoms with van der Waals surface area (Å²) >= 11 is 0. The molecule has 1 heterocycles. The maximum absolute atomic E-state index is 6.10. The molecule has 1 aromatic carbocycles. The highest BCUT2D eigenvalue weighted by Crippen LogP contribution is 2.39. The minimum Gasteiger partial charge on any atom is -0.487 e. The average Bonchev–Trinajstić information content (AvgIpc) is 2.47. The molecule has 0 aliphatic carbocycles. The van der Waals surface area contributed by atoms with Crippen LogP contribution < -0.4 is 10.5 Å². The summed E-state index contributed by atoms with van der Waals surface area (Å²) in [5.74, 6) is 0.878. The second-order valence-corrected chi connectivity index (χ2v) is 6.63. The highest BCUT2D eigenvalue weighted by atomic mass is 16.6. The van der Waals surface area contributed by atoms with Crippen molar-refractivity contribution >= 4 is 0 Å². The predicted octanol–water partition coefficient (Wildman–Crippen LogP) is 3.43. The van der Waals surface area contributed by atoms with Gasteiger partial charge in [-0.05, 0) is 52.3 Å². The Balaban J connectivity index is 2.09. The average molecular weight is 263 g/mol. The largest absolute Gasteiger partial charge is 0.487 e. The molecule has 1 aromatic rings. The first-order valence-corrected chi connectivity index (χ1v) is 6.92. The fourth-order valence-electron chi connectivity index (χ4n) is 2.71. The number of hydrogen-bond donors (Lipinski definition) is 1. The van der Waals surface area contributed by atoms with Crippen LogP contribution in [0.15, 0.2) is 24.3 Å². The van der Waals surface area contributed by atoms with E-state index in [0.29, 0.717) is 0 Å². The van der Waals surface area contributed by atoms with E-state index in [4.69, 9.17) is 15.2 Å². The summed E-state index contributed by atoms with van der Waals surface area (Å²) in [5, 5.41) is 0. The Morgan fingerprint density at radius 3 is 2.21 bits per heavy atom. The molecule has 3 heteroatoms. The van der Waals surface area contributed by atoms with Crippen molar-refractivity contribution in [3.05, 3.63) is 29.8 Å². The summed E-state index contributed by atoms with van der Waals surface area (Å²) in [7, 11) is 0. The lowest BCUT2D eigenvalue weighted by atomic mass is 9.97. The molecule has 1 saturated heterocycles. The number of rotatable bonds is 3. The van der Waals surface area contributed by atoms with Gasteiger partial charge in [-0.1, -0.05) is 12.1 Å². The zero-order valence-corrected chi connectivity index (χ0v) is 12.6. The highest BCUT2D eigenvalue weighted by Gasteiger charge is 2.47. The molecule has 0 aromatic heterocycles. The van der Waals surface area contributed by atoms with Gasteiger partial charge >= 0.3 is 0 Å². The Kier molecular flexibility index (Phi) is 3.63. The molecule has 0 bridgehead atoms. The highest BCUT2D eigenvalue weighted by molar-refractivity contribution is 5.29. The second kappa shape index (κ2) is 4.80. The van der Waals surface area contributed by atoms with E-state index in [0.717, 1.165) is 17.7 Å². The van der Waals surface area contributed by atoms with Crippen molar-refractivity contribution in [1.82, 2.24) is 0 Å². The summed E-state index contributed by atoms with van der Waals surface area (Å²) in [6.45, 7) is 10.4. The van der Waals surface area contributed by atoms with Gasteiger partial charge < -0.3 is 15.2 Å². The summed E-state index contributed by atoms with van der Waals surface area (Å²) in [6, 6.07) is 8.07. The molecule has 0 amide bonds. The van der Waals surface area contributed by atoms with Crippen LogP contribution in [0.2, 0.25) is 0 Å².